The van der Waals surface area contributed by atoms with Crippen LogP contribution in [0.1, 0.15) is 90.4 Å². The molecular weight excluding hydrogens is 268 g/mol. The number of ether oxygens (including phenoxy) is 1. The zero-order chi connectivity index (χ0) is 15.7. The van der Waals surface area contributed by atoms with Crippen molar-refractivity contribution in [3.8, 4) is 0 Å². The minimum absolute atomic E-state index is 0.486. The molecule has 1 atom stereocenters. The summed E-state index contributed by atoms with van der Waals surface area (Å²) in [5.41, 5.74) is 0. The summed E-state index contributed by atoms with van der Waals surface area (Å²) in [6.07, 6.45) is 30.6. The van der Waals surface area contributed by atoms with Crippen molar-refractivity contribution in [2.24, 2.45) is 0 Å². The Balaban J connectivity index is 1.75. The zero-order valence-corrected chi connectivity index (χ0v) is 14.6. The van der Waals surface area contributed by atoms with Crippen LogP contribution in [0.25, 0.3) is 0 Å². The molecule has 22 heavy (non-hydrogen) atoms. The number of hydrogen-bond donors (Lipinski definition) is 0. The van der Waals surface area contributed by atoms with Crippen molar-refractivity contribution in [2.75, 3.05) is 0 Å². The van der Waals surface area contributed by atoms with Gasteiger partial charge in [0.25, 0.3) is 0 Å². The van der Waals surface area contributed by atoms with Gasteiger partial charge in [0.15, 0.2) is 0 Å². The summed E-state index contributed by atoms with van der Waals surface area (Å²) in [6, 6.07) is 0. The van der Waals surface area contributed by atoms with E-state index in [0.717, 1.165) is 6.42 Å². The third kappa shape index (κ3) is 11.7. The van der Waals surface area contributed by atoms with Crippen LogP contribution in [-0.4, -0.2) is 6.10 Å². The van der Waals surface area contributed by atoms with E-state index in [1.807, 2.05) is 6.26 Å². The van der Waals surface area contributed by atoms with Crippen LogP contribution in [-0.2, 0) is 4.74 Å². The van der Waals surface area contributed by atoms with E-state index in [1.165, 1.54) is 77.0 Å². The van der Waals surface area contributed by atoms with Gasteiger partial charge in [-0.3, -0.25) is 0 Å². The largest absolute Gasteiger partial charge is 0.498 e. The van der Waals surface area contributed by atoms with Crippen molar-refractivity contribution < 1.29 is 4.74 Å². The minimum atomic E-state index is 0.486. The normalized spacial score (nSPS) is 17.8. The maximum Gasteiger partial charge on any atom is 0.101 e. The summed E-state index contributed by atoms with van der Waals surface area (Å²) in [5, 5.41) is 0. The Morgan fingerprint density at radius 1 is 0.864 bits per heavy atom. The van der Waals surface area contributed by atoms with Crippen LogP contribution in [0.3, 0.4) is 0 Å². The fourth-order valence-corrected chi connectivity index (χ4v) is 2.82. The molecule has 0 aromatic rings. The zero-order valence-electron chi connectivity index (χ0n) is 14.6. The van der Waals surface area contributed by atoms with Crippen LogP contribution in [0.5, 0.6) is 0 Å². The Bertz CT molecular complexity index is 306. The number of hydrogen-bond acceptors (Lipinski definition) is 1. The molecule has 0 aromatic carbocycles. The van der Waals surface area contributed by atoms with Crippen molar-refractivity contribution in [1.82, 2.24) is 0 Å². The molecule has 0 fully saturated rings. The van der Waals surface area contributed by atoms with Gasteiger partial charge in [-0.1, -0.05) is 69.8 Å². The minimum Gasteiger partial charge on any atom is -0.498 e. The van der Waals surface area contributed by atoms with Crippen LogP contribution in [0, 0.1) is 0 Å². The van der Waals surface area contributed by atoms with Gasteiger partial charge in [-0.05, 0) is 44.6 Å². The number of rotatable bonds is 14. The molecule has 1 nitrogen and oxygen atoms in total. The SMILES string of the molecule is CCCCC/C=C\C=C\CCCCCCCCC1CC=CO1. The highest BCUT2D eigenvalue weighted by Crippen LogP contribution is 2.17. The van der Waals surface area contributed by atoms with Crippen molar-refractivity contribution >= 4 is 0 Å². The smallest absolute Gasteiger partial charge is 0.101 e. The van der Waals surface area contributed by atoms with Crippen molar-refractivity contribution in [1.29, 1.82) is 0 Å². The molecule has 1 aliphatic rings. The monoisotopic (exact) mass is 304 g/mol. The summed E-state index contributed by atoms with van der Waals surface area (Å²) >= 11 is 0. The summed E-state index contributed by atoms with van der Waals surface area (Å²) in [6.45, 7) is 2.26. The molecule has 0 bridgehead atoms. The van der Waals surface area contributed by atoms with E-state index < -0.39 is 0 Å². The number of allylic oxidation sites excluding steroid dienone is 4. The molecule has 0 saturated carbocycles. The van der Waals surface area contributed by atoms with Gasteiger partial charge in [0.1, 0.15) is 6.10 Å². The second-order valence-electron chi connectivity index (χ2n) is 6.42. The van der Waals surface area contributed by atoms with Gasteiger partial charge in [-0.15, -0.1) is 0 Å². The molecule has 0 spiro atoms. The van der Waals surface area contributed by atoms with E-state index in [2.05, 4.69) is 37.3 Å². The molecule has 0 amide bonds. The molecule has 0 radical (unpaired) electrons. The van der Waals surface area contributed by atoms with E-state index in [9.17, 15) is 0 Å². The fourth-order valence-electron chi connectivity index (χ4n) is 2.82. The average Bonchev–Trinajstić information content (AvgIpc) is 3.04. The first kappa shape index (κ1) is 19.1. The standard InChI is InChI=1S/C21H36O/c1-2-3-4-5-6-7-8-9-10-11-12-13-14-15-16-18-21-19-17-20-22-21/h6-9,17,20-21H,2-5,10-16,18-19H2,1H3/b7-6-,9-8+. The van der Waals surface area contributed by atoms with E-state index in [-0.39, 0.29) is 0 Å². The first-order valence-electron chi connectivity index (χ1n) is 9.55. The maximum atomic E-state index is 5.48. The molecule has 1 heterocycles. The Kier molecular flexibility index (Phi) is 12.9. The summed E-state index contributed by atoms with van der Waals surface area (Å²) < 4.78 is 5.48. The highest BCUT2D eigenvalue weighted by Gasteiger charge is 2.09. The third-order valence-corrected chi connectivity index (χ3v) is 4.27. The molecule has 1 rings (SSSR count). The molecule has 0 N–H and O–H groups in total. The van der Waals surface area contributed by atoms with Crippen LogP contribution in [0.2, 0.25) is 0 Å². The van der Waals surface area contributed by atoms with Gasteiger partial charge in [0.2, 0.25) is 0 Å². The molecule has 1 unspecified atom stereocenters. The Morgan fingerprint density at radius 3 is 2.14 bits per heavy atom. The molecule has 1 heteroatoms. The molecule has 0 aromatic heterocycles. The van der Waals surface area contributed by atoms with Crippen LogP contribution >= 0.6 is 0 Å². The highest BCUT2D eigenvalue weighted by molar-refractivity contribution is 5.02. The Morgan fingerprint density at radius 2 is 1.50 bits per heavy atom. The predicted molar refractivity (Wildman–Crippen MR) is 98.0 cm³/mol. The summed E-state index contributed by atoms with van der Waals surface area (Å²) in [4.78, 5) is 0. The molecule has 0 aliphatic carbocycles. The van der Waals surface area contributed by atoms with Gasteiger partial charge in [0, 0.05) is 6.42 Å². The van der Waals surface area contributed by atoms with Gasteiger partial charge in [-0.2, -0.15) is 0 Å². The van der Waals surface area contributed by atoms with Crippen molar-refractivity contribution in [3.05, 3.63) is 36.6 Å². The van der Waals surface area contributed by atoms with Gasteiger partial charge in [-0.25, -0.2) is 0 Å². The first-order valence-corrected chi connectivity index (χ1v) is 9.55. The lowest BCUT2D eigenvalue weighted by Crippen LogP contribution is -2.03. The van der Waals surface area contributed by atoms with Crippen LogP contribution < -0.4 is 0 Å². The van der Waals surface area contributed by atoms with E-state index >= 15 is 0 Å². The Hall–Kier alpha value is -0.980. The van der Waals surface area contributed by atoms with Crippen molar-refractivity contribution in [3.63, 3.8) is 0 Å². The third-order valence-electron chi connectivity index (χ3n) is 4.27. The van der Waals surface area contributed by atoms with Crippen LogP contribution in [0.4, 0.5) is 0 Å². The highest BCUT2D eigenvalue weighted by atomic mass is 16.5. The van der Waals surface area contributed by atoms with Gasteiger partial charge >= 0.3 is 0 Å². The predicted octanol–water partition coefficient (Wildman–Crippen LogP) is 7.10. The lowest BCUT2D eigenvalue weighted by molar-refractivity contribution is 0.157. The molecule has 0 saturated heterocycles. The topological polar surface area (TPSA) is 9.23 Å². The lowest BCUT2D eigenvalue weighted by Gasteiger charge is -2.09. The molecule has 1 aliphatic heterocycles. The Labute approximate surface area is 138 Å². The van der Waals surface area contributed by atoms with Gasteiger partial charge < -0.3 is 4.74 Å². The number of unbranched alkanes of at least 4 members (excludes halogenated alkanes) is 9. The maximum absolute atomic E-state index is 5.48. The van der Waals surface area contributed by atoms with Crippen LogP contribution in [0.15, 0.2) is 36.6 Å². The summed E-state index contributed by atoms with van der Waals surface area (Å²) in [7, 11) is 0. The first-order chi connectivity index (χ1) is 10.9. The fraction of sp³-hybridized carbons (Fsp3) is 0.714. The van der Waals surface area contributed by atoms with Gasteiger partial charge in [0.05, 0.1) is 6.26 Å². The van der Waals surface area contributed by atoms with E-state index in [0.29, 0.717) is 6.10 Å². The second-order valence-corrected chi connectivity index (χ2v) is 6.42. The molecule has 126 valence electrons. The average molecular weight is 305 g/mol. The summed E-state index contributed by atoms with van der Waals surface area (Å²) in [5.74, 6) is 0. The second kappa shape index (κ2) is 14.9. The van der Waals surface area contributed by atoms with E-state index in [1.54, 1.807) is 0 Å². The van der Waals surface area contributed by atoms with Crippen molar-refractivity contribution in [2.45, 2.75) is 96.5 Å². The molecular formula is C21H36O. The van der Waals surface area contributed by atoms with E-state index in [4.69, 9.17) is 4.74 Å². The quantitative estimate of drug-likeness (QED) is 0.245. The lowest BCUT2D eigenvalue weighted by atomic mass is 10.1.